The van der Waals surface area contributed by atoms with Gasteiger partial charge in [0.05, 0.1) is 10.4 Å². The summed E-state index contributed by atoms with van der Waals surface area (Å²) in [6, 6.07) is 0.753. The van der Waals surface area contributed by atoms with Gasteiger partial charge in [0, 0.05) is 31.6 Å². The highest BCUT2D eigenvalue weighted by Crippen LogP contribution is 2.22. The average molecular weight is 252 g/mol. The van der Waals surface area contributed by atoms with Crippen molar-refractivity contribution in [1.29, 1.82) is 0 Å². The topological polar surface area (TPSA) is 83.1 Å². The molecule has 0 amide bonds. The van der Waals surface area contributed by atoms with Gasteiger partial charge in [-0.3, -0.25) is 0 Å². The van der Waals surface area contributed by atoms with Gasteiger partial charge in [0.2, 0.25) is 6.08 Å². The first-order chi connectivity index (χ1) is 7.20. The Hall–Kier alpha value is -0.346. The Kier molecular flexibility index (Phi) is 11.6. The van der Waals surface area contributed by atoms with Crippen LogP contribution in [0.3, 0.4) is 0 Å². The summed E-state index contributed by atoms with van der Waals surface area (Å²) >= 11 is 0. The Morgan fingerprint density at radius 3 is 2.07 bits per heavy atom. The molecule has 0 aromatic rings. The van der Waals surface area contributed by atoms with E-state index in [0.717, 1.165) is 26.7 Å². The van der Waals surface area contributed by atoms with Crippen molar-refractivity contribution in [2.45, 2.75) is 18.1 Å². The standard InChI is InChI=1S/C7H15NO4Si.H5NSi/c1-10-6(4-13)7(11-2,12-3)8-5-9;1-2/h6H,4H2,1-3,13H3;1H2,2H3. The Morgan fingerprint density at radius 2 is 1.87 bits per heavy atom. The summed E-state index contributed by atoms with van der Waals surface area (Å²) in [5, 5.41) is 4.64. The van der Waals surface area contributed by atoms with Crippen molar-refractivity contribution in [3.8, 4) is 0 Å². The van der Waals surface area contributed by atoms with E-state index >= 15 is 0 Å². The monoisotopic (exact) mass is 252 g/mol. The molecule has 1 atom stereocenters. The minimum atomic E-state index is -1.34. The fourth-order valence-electron chi connectivity index (χ4n) is 1.15. The Labute approximate surface area is 96.1 Å². The Morgan fingerprint density at radius 1 is 1.40 bits per heavy atom. The highest BCUT2D eigenvalue weighted by Gasteiger charge is 2.39. The third-order valence-corrected chi connectivity index (χ3v) is 2.59. The molecule has 0 bridgehead atoms. The third-order valence-electron chi connectivity index (χ3n) is 1.85. The van der Waals surface area contributed by atoms with Crippen LogP contribution >= 0.6 is 0 Å². The zero-order valence-electron chi connectivity index (χ0n) is 9.94. The van der Waals surface area contributed by atoms with Gasteiger partial charge in [-0.15, -0.1) is 4.99 Å². The van der Waals surface area contributed by atoms with Crippen LogP contribution in [0.1, 0.15) is 0 Å². The number of hydrogen-bond donors (Lipinski definition) is 1. The Balaban J connectivity index is 0. The summed E-state index contributed by atoms with van der Waals surface area (Å²) in [4.78, 5) is 13.7. The fourth-order valence-corrected chi connectivity index (χ4v) is 2.00. The van der Waals surface area contributed by atoms with E-state index in [4.69, 9.17) is 14.2 Å². The van der Waals surface area contributed by atoms with Crippen molar-refractivity contribution < 1.29 is 19.0 Å². The lowest BCUT2D eigenvalue weighted by Gasteiger charge is -2.31. The number of carbonyl (C=O) groups excluding carboxylic acids is 1. The summed E-state index contributed by atoms with van der Waals surface area (Å²) < 4.78 is 15.1. The second-order valence-corrected chi connectivity index (χ2v) is 3.19. The van der Waals surface area contributed by atoms with Crippen LogP contribution in [0.25, 0.3) is 0 Å². The molecule has 15 heavy (non-hydrogen) atoms. The summed E-state index contributed by atoms with van der Waals surface area (Å²) in [6.07, 6.45) is 1.05. The van der Waals surface area contributed by atoms with Gasteiger partial charge in [-0.05, 0) is 6.04 Å². The predicted molar refractivity (Wildman–Crippen MR) is 64.5 cm³/mol. The summed E-state index contributed by atoms with van der Waals surface area (Å²) in [6.45, 7) is 0. The third kappa shape index (κ3) is 4.80. The van der Waals surface area contributed by atoms with Crippen molar-refractivity contribution in [2.75, 3.05) is 21.3 Å². The van der Waals surface area contributed by atoms with Gasteiger partial charge in [0.25, 0.3) is 0 Å². The van der Waals surface area contributed by atoms with Gasteiger partial charge in [-0.1, -0.05) is 0 Å². The second kappa shape index (κ2) is 10.2. The number of rotatable bonds is 6. The number of hydrogen-bond acceptors (Lipinski definition) is 6. The molecular weight excluding hydrogens is 232 g/mol. The minimum Gasteiger partial charge on any atom is -0.374 e. The quantitative estimate of drug-likeness (QED) is 0.241. The van der Waals surface area contributed by atoms with Crippen molar-refractivity contribution in [3.63, 3.8) is 0 Å². The molecule has 0 aliphatic heterocycles. The molecule has 6 nitrogen and oxygen atoms in total. The van der Waals surface area contributed by atoms with Gasteiger partial charge < -0.3 is 19.6 Å². The molecule has 1 unspecified atom stereocenters. The molecule has 0 aromatic carbocycles. The van der Waals surface area contributed by atoms with Crippen molar-refractivity contribution in [3.05, 3.63) is 0 Å². The number of methoxy groups -OCH3 is 3. The summed E-state index contributed by atoms with van der Waals surface area (Å²) in [5.74, 6) is -1.34. The van der Waals surface area contributed by atoms with Gasteiger partial charge in [0.1, 0.15) is 6.10 Å². The van der Waals surface area contributed by atoms with Crippen LogP contribution in [-0.2, 0) is 19.0 Å². The number of nitrogens with zero attached hydrogens (tertiary/aromatic N) is 1. The molecule has 0 fully saturated rings. The minimum absolute atomic E-state index is 0.365. The molecule has 0 radical (unpaired) electrons. The van der Waals surface area contributed by atoms with E-state index in [1.54, 1.807) is 0 Å². The van der Waals surface area contributed by atoms with Crippen LogP contribution in [-0.4, -0.2) is 60.1 Å². The Bertz CT molecular complexity index is 191. The molecule has 0 saturated carbocycles. The van der Waals surface area contributed by atoms with E-state index in [0.29, 0.717) is 0 Å². The maximum Gasteiger partial charge on any atom is 0.306 e. The highest BCUT2D eigenvalue weighted by molar-refractivity contribution is 6.08. The highest BCUT2D eigenvalue weighted by atomic mass is 28.2. The normalized spacial score (nSPS) is 12.5. The van der Waals surface area contributed by atoms with E-state index in [1.165, 1.54) is 27.4 Å². The molecule has 8 heteroatoms. The maximum atomic E-state index is 10.2. The molecule has 0 spiro atoms. The van der Waals surface area contributed by atoms with E-state index in [-0.39, 0.29) is 6.10 Å². The van der Waals surface area contributed by atoms with Crippen LogP contribution in [0.4, 0.5) is 0 Å². The smallest absolute Gasteiger partial charge is 0.306 e. The first-order valence-electron chi connectivity index (χ1n) is 4.50. The number of isocyanates is 1. The van der Waals surface area contributed by atoms with Gasteiger partial charge in [-0.25, -0.2) is 4.79 Å². The number of ether oxygens (including phenoxy) is 3. The molecule has 0 aliphatic carbocycles. The SMILES string of the molecule is COC(C[SiH3])C(N=C=O)(OC)OC.N[SiH3]. The van der Waals surface area contributed by atoms with Crippen LogP contribution in [0.2, 0.25) is 6.04 Å². The molecule has 0 aliphatic rings. The zero-order chi connectivity index (χ0) is 12.3. The summed E-state index contributed by atoms with van der Waals surface area (Å²) in [5.41, 5.74) is 0. The van der Waals surface area contributed by atoms with E-state index in [9.17, 15) is 4.79 Å². The second-order valence-electron chi connectivity index (χ2n) is 2.37. The van der Waals surface area contributed by atoms with E-state index in [2.05, 4.69) is 10.4 Å². The van der Waals surface area contributed by atoms with E-state index < -0.39 is 5.91 Å². The zero-order valence-corrected chi connectivity index (χ0v) is 13.9. The van der Waals surface area contributed by atoms with Crippen molar-refractivity contribution in [1.82, 2.24) is 0 Å². The molecule has 0 heterocycles. The van der Waals surface area contributed by atoms with Gasteiger partial charge in [-0.2, -0.15) is 0 Å². The van der Waals surface area contributed by atoms with Crippen molar-refractivity contribution in [2.24, 2.45) is 10.4 Å². The summed E-state index contributed by atoms with van der Waals surface area (Å²) in [7, 11) is 6.05. The van der Waals surface area contributed by atoms with Crippen LogP contribution in [0, 0.1) is 0 Å². The average Bonchev–Trinajstić information content (AvgIpc) is 2.32. The van der Waals surface area contributed by atoms with Crippen molar-refractivity contribution >= 4 is 26.7 Å². The van der Waals surface area contributed by atoms with Crippen LogP contribution in [0.5, 0.6) is 0 Å². The van der Waals surface area contributed by atoms with Gasteiger partial charge in [0.15, 0.2) is 0 Å². The molecule has 2 N–H and O–H groups in total. The lowest BCUT2D eigenvalue weighted by atomic mass is 10.3. The fraction of sp³-hybridized carbons (Fsp3) is 0.857. The molecule has 0 saturated heterocycles. The molecule has 0 aromatic heterocycles. The lowest BCUT2D eigenvalue weighted by Crippen LogP contribution is -2.45. The van der Waals surface area contributed by atoms with Gasteiger partial charge >= 0.3 is 5.91 Å². The largest absolute Gasteiger partial charge is 0.374 e. The maximum absolute atomic E-state index is 10.2. The number of nitrogens with two attached hydrogens (primary N) is 1. The predicted octanol–water partition coefficient (Wildman–Crippen LogP) is -2.71. The van der Waals surface area contributed by atoms with Crippen LogP contribution < -0.4 is 5.40 Å². The first kappa shape index (κ1) is 17.1. The number of aliphatic imine (C=N–C) groups is 1. The molecule has 90 valence electrons. The van der Waals surface area contributed by atoms with Crippen LogP contribution in [0.15, 0.2) is 4.99 Å². The first-order valence-corrected chi connectivity index (χ1v) is 7.07. The molecular formula is C7H20N2O4Si2. The van der Waals surface area contributed by atoms with E-state index in [1.807, 2.05) is 0 Å². The molecule has 0 rings (SSSR count). The lowest BCUT2D eigenvalue weighted by molar-refractivity contribution is -0.254.